The van der Waals surface area contributed by atoms with Crippen LogP contribution in [0.5, 0.6) is 5.88 Å². The van der Waals surface area contributed by atoms with Gasteiger partial charge < -0.3 is 15.2 Å². The largest absolute Gasteiger partial charge is 0.473 e. The summed E-state index contributed by atoms with van der Waals surface area (Å²) in [7, 11) is 0. The number of aromatic nitrogens is 1. The zero-order chi connectivity index (χ0) is 10.6. The van der Waals surface area contributed by atoms with Gasteiger partial charge in [-0.25, -0.2) is 4.79 Å². The van der Waals surface area contributed by atoms with E-state index in [1.165, 1.54) is 5.38 Å². The molecule has 0 saturated carbocycles. The Morgan fingerprint density at radius 1 is 1.79 bits per heavy atom. The van der Waals surface area contributed by atoms with Crippen LogP contribution in [0.25, 0.3) is 0 Å². The predicted molar refractivity (Wildman–Crippen MR) is 51.5 cm³/mol. The summed E-state index contributed by atoms with van der Waals surface area (Å²) in [5, 5.41) is 8.88. The molecule has 3 N–H and O–H groups in total. The Bertz CT molecular complexity index is 350. The molecule has 0 aromatic carbocycles. The van der Waals surface area contributed by atoms with Crippen molar-refractivity contribution in [3.05, 3.63) is 5.38 Å². The third-order valence-electron chi connectivity index (χ3n) is 1.17. The zero-order valence-corrected chi connectivity index (χ0v) is 8.26. The van der Waals surface area contributed by atoms with Crippen LogP contribution < -0.4 is 10.5 Å². The number of carbonyl (C=O) groups is 1. The molecule has 1 rings (SSSR count). The lowest BCUT2D eigenvalue weighted by Crippen LogP contribution is -2.22. The van der Waals surface area contributed by atoms with Crippen LogP contribution in [0.4, 0.5) is 5.13 Å². The standard InChI is InChI=1S/C7H9N3O3S/c1-2-12-5(8)6(11)13-4-3-14-7(9)10-4/h3,8H,2H2,1H3,(H2,9,10). The molecule has 1 aromatic rings. The number of nitrogens with zero attached hydrogens (tertiary/aromatic N) is 1. The van der Waals surface area contributed by atoms with Crippen LogP contribution in [0.2, 0.25) is 0 Å². The van der Waals surface area contributed by atoms with Gasteiger partial charge >= 0.3 is 5.97 Å². The molecule has 0 unspecified atom stereocenters. The van der Waals surface area contributed by atoms with Crippen molar-refractivity contribution in [3.63, 3.8) is 0 Å². The van der Waals surface area contributed by atoms with Gasteiger partial charge in [-0.2, -0.15) is 4.98 Å². The summed E-state index contributed by atoms with van der Waals surface area (Å²) < 4.78 is 9.32. The van der Waals surface area contributed by atoms with E-state index in [2.05, 4.69) is 14.5 Å². The summed E-state index contributed by atoms with van der Waals surface area (Å²) in [5.41, 5.74) is 5.32. The third-order valence-corrected chi connectivity index (χ3v) is 1.82. The van der Waals surface area contributed by atoms with Crippen LogP contribution in [-0.4, -0.2) is 23.5 Å². The van der Waals surface area contributed by atoms with Crippen LogP contribution in [-0.2, 0) is 9.53 Å². The van der Waals surface area contributed by atoms with E-state index in [1.807, 2.05) is 0 Å². The minimum atomic E-state index is -0.878. The highest BCUT2D eigenvalue weighted by molar-refractivity contribution is 7.13. The van der Waals surface area contributed by atoms with Gasteiger partial charge in [0, 0.05) is 0 Å². The number of nitrogen functional groups attached to an aromatic ring is 1. The Labute approximate surface area is 84.2 Å². The van der Waals surface area contributed by atoms with E-state index in [0.29, 0.717) is 5.13 Å². The fourth-order valence-electron chi connectivity index (χ4n) is 0.664. The Balaban J connectivity index is 2.53. The second-order valence-corrected chi connectivity index (χ2v) is 3.07. The SMILES string of the molecule is CCOC(=N)C(=O)Oc1csc(N)n1. The summed E-state index contributed by atoms with van der Waals surface area (Å²) in [5.74, 6) is -1.34. The first-order chi connectivity index (χ1) is 6.63. The van der Waals surface area contributed by atoms with E-state index >= 15 is 0 Å². The van der Waals surface area contributed by atoms with E-state index in [0.717, 1.165) is 11.3 Å². The summed E-state index contributed by atoms with van der Waals surface area (Å²) >= 11 is 1.15. The maximum Gasteiger partial charge on any atom is 0.400 e. The molecule has 1 aromatic heterocycles. The quantitative estimate of drug-likeness (QED) is 0.428. The van der Waals surface area contributed by atoms with Gasteiger partial charge in [-0.15, -0.1) is 11.3 Å². The fraction of sp³-hybridized carbons (Fsp3) is 0.286. The normalized spacial score (nSPS) is 9.50. The number of carbonyl (C=O) groups excluding carboxylic acids is 1. The van der Waals surface area contributed by atoms with E-state index < -0.39 is 11.9 Å². The summed E-state index contributed by atoms with van der Waals surface area (Å²) in [4.78, 5) is 14.8. The third kappa shape index (κ3) is 2.70. The summed E-state index contributed by atoms with van der Waals surface area (Å²) in [6.45, 7) is 1.91. The lowest BCUT2D eigenvalue weighted by Gasteiger charge is -2.02. The minimum Gasteiger partial charge on any atom is -0.473 e. The van der Waals surface area contributed by atoms with Crippen LogP contribution >= 0.6 is 11.3 Å². The van der Waals surface area contributed by atoms with Crippen molar-refractivity contribution < 1.29 is 14.3 Å². The van der Waals surface area contributed by atoms with E-state index in [9.17, 15) is 4.79 Å². The Morgan fingerprint density at radius 3 is 3.00 bits per heavy atom. The Kier molecular flexibility index (Phi) is 3.41. The van der Waals surface area contributed by atoms with Crippen molar-refractivity contribution in [1.82, 2.24) is 4.98 Å². The van der Waals surface area contributed by atoms with Crippen molar-refractivity contribution >= 4 is 28.3 Å². The van der Waals surface area contributed by atoms with Crippen molar-refractivity contribution in [3.8, 4) is 5.88 Å². The van der Waals surface area contributed by atoms with Crippen molar-refractivity contribution in [2.75, 3.05) is 12.3 Å². The molecule has 14 heavy (non-hydrogen) atoms. The fourth-order valence-corrected chi connectivity index (χ4v) is 1.13. The first-order valence-corrected chi connectivity index (χ1v) is 4.66. The van der Waals surface area contributed by atoms with Gasteiger partial charge in [0.1, 0.15) is 0 Å². The molecule has 0 aliphatic heterocycles. The lowest BCUT2D eigenvalue weighted by atomic mass is 10.6. The number of anilines is 1. The van der Waals surface area contributed by atoms with Crippen LogP contribution in [0.1, 0.15) is 6.92 Å². The molecular weight excluding hydrogens is 206 g/mol. The first kappa shape index (κ1) is 10.5. The number of thiazole rings is 1. The van der Waals surface area contributed by atoms with Gasteiger partial charge in [-0.05, 0) is 6.92 Å². The molecule has 6 nitrogen and oxygen atoms in total. The van der Waals surface area contributed by atoms with Gasteiger partial charge in [0.05, 0.1) is 12.0 Å². The number of nitrogens with two attached hydrogens (primary N) is 1. The average molecular weight is 215 g/mol. The average Bonchev–Trinajstić information content (AvgIpc) is 2.51. The maximum absolute atomic E-state index is 11.1. The molecule has 0 amide bonds. The molecule has 76 valence electrons. The number of hydrogen-bond acceptors (Lipinski definition) is 7. The molecule has 0 atom stereocenters. The monoisotopic (exact) mass is 215 g/mol. The van der Waals surface area contributed by atoms with Crippen molar-refractivity contribution in [2.24, 2.45) is 0 Å². The Morgan fingerprint density at radius 2 is 2.50 bits per heavy atom. The molecular formula is C7H9N3O3S. The van der Waals surface area contributed by atoms with Crippen LogP contribution in [0, 0.1) is 5.41 Å². The highest BCUT2D eigenvalue weighted by atomic mass is 32.1. The molecule has 0 saturated heterocycles. The van der Waals surface area contributed by atoms with Crippen molar-refractivity contribution in [2.45, 2.75) is 6.92 Å². The molecule has 1 heterocycles. The van der Waals surface area contributed by atoms with Crippen LogP contribution in [0.15, 0.2) is 5.38 Å². The predicted octanol–water partition coefficient (Wildman–Crippen LogP) is 0.644. The van der Waals surface area contributed by atoms with Gasteiger partial charge in [0.2, 0.25) is 5.88 Å². The number of rotatable bonds is 2. The van der Waals surface area contributed by atoms with Gasteiger partial charge in [0.25, 0.3) is 5.90 Å². The topological polar surface area (TPSA) is 98.3 Å². The van der Waals surface area contributed by atoms with E-state index in [1.54, 1.807) is 6.92 Å². The van der Waals surface area contributed by atoms with Crippen LogP contribution in [0.3, 0.4) is 0 Å². The molecule has 0 radical (unpaired) electrons. The van der Waals surface area contributed by atoms with Gasteiger partial charge in [-0.1, -0.05) is 0 Å². The van der Waals surface area contributed by atoms with E-state index in [-0.39, 0.29) is 12.5 Å². The number of hydrogen-bond donors (Lipinski definition) is 2. The second-order valence-electron chi connectivity index (χ2n) is 2.18. The highest BCUT2D eigenvalue weighted by Gasteiger charge is 2.14. The first-order valence-electron chi connectivity index (χ1n) is 3.78. The molecule has 0 fully saturated rings. The summed E-state index contributed by atoms with van der Waals surface area (Å²) in [6.07, 6.45) is 0. The molecule has 7 heteroatoms. The minimum absolute atomic E-state index is 0.0851. The lowest BCUT2D eigenvalue weighted by molar-refractivity contribution is -0.128. The highest BCUT2D eigenvalue weighted by Crippen LogP contribution is 2.17. The second kappa shape index (κ2) is 4.56. The molecule has 0 spiro atoms. The number of nitrogens with one attached hydrogen (secondary N) is 1. The van der Waals surface area contributed by atoms with Crippen molar-refractivity contribution in [1.29, 1.82) is 5.41 Å². The molecule has 0 bridgehead atoms. The van der Waals surface area contributed by atoms with E-state index in [4.69, 9.17) is 11.1 Å². The Hall–Kier alpha value is -1.63. The van der Waals surface area contributed by atoms with Gasteiger partial charge in [-0.3, -0.25) is 5.41 Å². The zero-order valence-electron chi connectivity index (χ0n) is 7.44. The van der Waals surface area contributed by atoms with Gasteiger partial charge in [0.15, 0.2) is 5.13 Å². The number of esters is 1. The molecule has 0 aliphatic rings. The summed E-state index contributed by atoms with van der Waals surface area (Å²) in [6, 6.07) is 0. The molecule has 0 aliphatic carbocycles. The smallest absolute Gasteiger partial charge is 0.400 e. The maximum atomic E-state index is 11.1. The number of ether oxygens (including phenoxy) is 2.